The molecule has 0 radical (unpaired) electrons. The summed E-state index contributed by atoms with van der Waals surface area (Å²) in [5.74, 6) is -0.255. The average molecular weight is 274 g/mol. The number of aromatic nitrogens is 1. The summed E-state index contributed by atoms with van der Waals surface area (Å²) >= 11 is 0. The van der Waals surface area contributed by atoms with E-state index in [1.165, 1.54) is 4.90 Å². The summed E-state index contributed by atoms with van der Waals surface area (Å²) in [5, 5.41) is 3.42. The molecular formula is C14H18N4O2. The number of amides is 2. The maximum Gasteiger partial charge on any atom is 0.270 e. The molecule has 0 saturated heterocycles. The fourth-order valence-electron chi connectivity index (χ4n) is 2.00. The number of benzene rings is 1. The number of anilines is 1. The number of fused-ring (bicyclic) bond motifs is 1. The summed E-state index contributed by atoms with van der Waals surface area (Å²) in [6.45, 7) is 0.364. The smallest absolute Gasteiger partial charge is 0.270 e. The number of H-pyrrole nitrogens is 1. The molecule has 0 spiro atoms. The second kappa shape index (κ2) is 5.64. The van der Waals surface area contributed by atoms with Crippen LogP contribution in [-0.2, 0) is 4.79 Å². The van der Waals surface area contributed by atoms with Crippen molar-refractivity contribution in [1.82, 2.24) is 15.2 Å². The van der Waals surface area contributed by atoms with Crippen molar-refractivity contribution in [1.29, 1.82) is 0 Å². The Hall–Kier alpha value is -2.50. The van der Waals surface area contributed by atoms with Crippen LogP contribution < -0.4 is 11.1 Å². The zero-order chi connectivity index (χ0) is 14.7. The van der Waals surface area contributed by atoms with Crippen molar-refractivity contribution in [2.75, 3.05) is 26.4 Å². The van der Waals surface area contributed by atoms with E-state index in [1.807, 2.05) is 12.1 Å². The fraction of sp³-hybridized carbons (Fsp3) is 0.286. The van der Waals surface area contributed by atoms with Gasteiger partial charge in [0.05, 0.1) is 11.2 Å². The van der Waals surface area contributed by atoms with Crippen molar-refractivity contribution in [2.45, 2.75) is 6.42 Å². The number of para-hydroxylation sites is 1. The Bertz CT molecular complexity index is 648. The number of carbonyl (C=O) groups excluding carboxylic acids is 2. The highest BCUT2D eigenvalue weighted by molar-refractivity contribution is 6.00. The maximum absolute atomic E-state index is 12.2. The van der Waals surface area contributed by atoms with Crippen LogP contribution in [0.3, 0.4) is 0 Å². The van der Waals surface area contributed by atoms with Gasteiger partial charge < -0.3 is 20.9 Å². The zero-order valence-electron chi connectivity index (χ0n) is 11.6. The molecule has 0 aliphatic rings. The number of carbonyl (C=O) groups is 2. The lowest BCUT2D eigenvalue weighted by atomic mass is 10.2. The van der Waals surface area contributed by atoms with Crippen molar-refractivity contribution in [3.63, 3.8) is 0 Å². The minimum Gasteiger partial charge on any atom is -0.397 e. The van der Waals surface area contributed by atoms with Crippen LogP contribution in [0.25, 0.3) is 10.9 Å². The molecule has 20 heavy (non-hydrogen) atoms. The van der Waals surface area contributed by atoms with Gasteiger partial charge in [0.2, 0.25) is 5.91 Å². The van der Waals surface area contributed by atoms with Crippen molar-refractivity contribution >= 4 is 28.4 Å². The Labute approximate surface area is 116 Å². The van der Waals surface area contributed by atoms with Crippen molar-refractivity contribution in [3.8, 4) is 0 Å². The van der Waals surface area contributed by atoms with Crippen molar-refractivity contribution < 1.29 is 9.59 Å². The summed E-state index contributed by atoms with van der Waals surface area (Å²) in [6, 6.07) is 7.28. The van der Waals surface area contributed by atoms with E-state index in [0.29, 0.717) is 17.9 Å². The number of hydrogen-bond acceptors (Lipinski definition) is 3. The van der Waals surface area contributed by atoms with Gasteiger partial charge in [0.1, 0.15) is 5.69 Å². The highest BCUT2D eigenvalue weighted by atomic mass is 16.2. The van der Waals surface area contributed by atoms with E-state index in [1.54, 1.807) is 26.2 Å². The van der Waals surface area contributed by atoms with Gasteiger partial charge in [0, 0.05) is 32.4 Å². The first-order valence-electron chi connectivity index (χ1n) is 6.36. The predicted molar refractivity (Wildman–Crippen MR) is 78.4 cm³/mol. The van der Waals surface area contributed by atoms with Gasteiger partial charge in [0.25, 0.3) is 5.91 Å². The van der Waals surface area contributed by atoms with Gasteiger partial charge in [-0.15, -0.1) is 0 Å². The van der Waals surface area contributed by atoms with Crippen LogP contribution in [0.1, 0.15) is 16.9 Å². The summed E-state index contributed by atoms with van der Waals surface area (Å²) in [5.41, 5.74) is 7.69. The van der Waals surface area contributed by atoms with E-state index >= 15 is 0 Å². The highest BCUT2D eigenvalue weighted by Gasteiger charge is 2.15. The zero-order valence-corrected chi connectivity index (χ0v) is 11.6. The van der Waals surface area contributed by atoms with Gasteiger partial charge in [-0.05, 0) is 12.1 Å². The number of aromatic amines is 1. The monoisotopic (exact) mass is 274 g/mol. The number of nitrogens with two attached hydrogens (primary N) is 1. The first-order valence-corrected chi connectivity index (χ1v) is 6.36. The van der Waals surface area contributed by atoms with Gasteiger partial charge in [-0.25, -0.2) is 0 Å². The molecule has 0 saturated carbocycles. The van der Waals surface area contributed by atoms with Gasteiger partial charge in [-0.2, -0.15) is 0 Å². The van der Waals surface area contributed by atoms with Crippen LogP contribution in [0, 0.1) is 0 Å². The van der Waals surface area contributed by atoms with Gasteiger partial charge in [0.15, 0.2) is 0 Å². The molecule has 1 aromatic carbocycles. The van der Waals surface area contributed by atoms with Crippen LogP contribution in [0.4, 0.5) is 5.69 Å². The number of nitrogens with zero attached hydrogens (tertiary/aromatic N) is 1. The third-order valence-corrected chi connectivity index (χ3v) is 3.22. The second-order valence-electron chi connectivity index (χ2n) is 4.64. The molecule has 0 fully saturated rings. The summed E-state index contributed by atoms with van der Waals surface area (Å²) < 4.78 is 0. The number of nitrogen functional groups attached to an aromatic ring is 1. The third-order valence-electron chi connectivity index (χ3n) is 3.22. The molecule has 2 aromatic rings. The Morgan fingerprint density at radius 3 is 2.80 bits per heavy atom. The topological polar surface area (TPSA) is 91.2 Å². The molecule has 6 nitrogen and oxygen atoms in total. The van der Waals surface area contributed by atoms with E-state index in [0.717, 1.165) is 10.9 Å². The minimum atomic E-state index is -0.162. The Morgan fingerprint density at radius 2 is 2.15 bits per heavy atom. The summed E-state index contributed by atoms with van der Waals surface area (Å²) in [7, 11) is 3.24. The summed E-state index contributed by atoms with van der Waals surface area (Å²) in [4.78, 5) is 28.0. The fourth-order valence-corrected chi connectivity index (χ4v) is 2.00. The minimum absolute atomic E-state index is 0.0921. The Morgan fingerprint density at radius 1 is 1.40 bits per heavy atom. The lowest BCUT2D eigenvalue weighted by Crippen LogP contribution is -2.31. The molecule has 2 rings (SSSR count). The molecule has 0 aliphatic heterocycles. The molecule has 2 amide bonds. The number of hydrogen-bond donors (Lipinski definition) is 3. The molecule has 1 aromatic heterocycles. The summed E-state index contributed by atoms with van der Waals surface area (Å²) in [6.07, 6.45) is 0.279. The van der Waals surface area contributed by atoms with Gasteiger partial charge >= 0.3 is 0 Å². The first-order chi connectivity index (χ1) is 9.52. The van der Waals surface area contributed by atoms with E-state index in [-0.39, 0.29) is 18.2 Å². The largest absolute Gasteiger partial charge is 0.397 e. The van der Waals surface area contributed by atoms with E-state index < -0.39 is 0 Å². The van der Waals surface area contributed by atoms with Crippen molar-refractivity contribution in [3.05, 3.63) is 30.0 Å². The molecule has 6 heteroatoms. The number of nitrogens with one attached hydrogen (secondary N) is 2. The molecule has 1 heterocycles. The Kier molecular flexibility index (Phi) is 3.93. The quantitative estimate of drug-likeness (QED) is 0.725. The normalized spacial score (nSPS) is 10.5. The molecule has 106 valence electrons. The molecule has 0 unspecified atom stereocenters. The van der Waals surface area contributed by atoms with Crippen LogP contribution in [-0.4, -0.2) is 42.3 Å². The molecule has 0 atom stereocenters. The average Bonchev–Trinajstić information content (AvgIpc) is 2.89. The highest BCUT2D eigenvalue weighted by Crippen LogP contribution is 2.21. The molecule has 0 bridgehead atoms. The maximum atomic E-state index is 12.2. The van der Waals surface area contributed by atoms with Crippen LogP contribution >= 0.6 is 0 Å². The van der Waals surface area contributed by atoms with Crippen LogP contribution in [0.15, 0.2) is 24.3 Å². The second-order valence-corrected chi connectivity index (χ2v) is 4.64. The lowest BCUT2D eigenvalue weighted by Gasteiger charge is -2.15. The van der Waals surface area contributed by atoms with Gasteiger partial charge in [-0.3, -0.25) is 9.59 Å². The van der Waals surface area contributed by atoms with Gasteiger partial charge in [-0.1, -0.05) is 12.1 Å². The standard InChI is InChI=1S/C14H18N4O2/c1-16-12(19)6-7-18(2)14(20)11-8-9-4-3-5-10(15)13(9)17-11/h3-5,8,17H,6-7,15H2,1-2H3,(H,16,19). The van der Waals surface area contributed by atoms with Crippen LogP contribution in [0.2, 0.25) is 0 Å². The van der Waals surface area contributed by atoms with Crippen molar-refractivity contribution in [2.24, 2.45) is 0 Å². The lowest BCUT2D eigenvalue weighted by molar-refractivity contribution is -0.120. The molecule has 4 N–H and O–H groups in total. The van der Waals surface area contributed by atoms with Crippen LogP contribution in [0.5, 0.6) is 0 Å². The molecule has 0 aliphatic carbocycles. The third kappa shape index (κ3) is 2.74. The molecular weight excluding hydrogens is 256 g/mol. The van der Waals surface area contributed by atoms with E-state index in [4.69, 9.17) is 5.73 Å². The Balaban J connectivity index is 2.14. The van der Waals surface area contributed by atoms with E-state index in [2.05, 4.69) is 10.3 Å². The SMILES string of the molecule is CNC(=O)CCN(C)C(=O)c1cc2cccc(N)c2[nH]1. The predicted octanol–water partition coefficient (Wildman–Crippen LogP) is 0.958. The first kappa shape index (κ1) is 13.9. The number of rotatable bonds is 4. The van der Waals surface area contributed by atoms with E-state index in [9.17, 15) is 9.59 Å².